The highest BCUT2D eigenvalue weighted by Crippen LogP contribution is 2.42. The molecule has 0 aromatic heterocycles. The highest BCUT2D eigenvalue weighted by atomic mass is 16.7. The first-order chi connectivity index (χ1) is 7.73. The van der Waals surface area contributed by atoms with Crippen LogP contribution in [0.2, 0.25) is 0 Å². The number of hydrogen-bond donors (Lipinski definition) is 0. The first-order valence-corrected chi connectivity index (χ1v) is 6.16. The van der Waals surface area contributed by atoms with Gasteiger partial charge in [0.15, 0.2) is 5.79 Å². The van der Waals surface area contributed by atoms with E-state index in [1.54, 1.807) is 0 Å². The maximum atomic E-state index is 10.8. The third kappa shape index (κ3) is 3.17. The number of carbonyl (C=O) groups is 1. The van der Waals surface area contributed by atoms with Crippen molar-refractivity contribution in [3.63, 3.8) is 0 Å². The molecule has 17 heavy (non-hydrogen) atoms. The van der Waals surface area contributed by atoms with Crippen molar-refractivity contribution >= 4 is 6.29 Å². The fraction of sp³-hybridized carbons (Fsp3) is 0.786. The van der Waals surface area contributed by atoms with Crippen LogP contribution in [0.5, 0.6) is 0 Å². The van der Waals surface area contributed by atoms with Gasteiger partial charge < -0.3 is 14.3 Å². The number of aldehydes is 1. The number of ether oxygens (including phenoxy) is 2. The van der Waals surface area contributed by atoms with Crippen molar-refractivity contribution in [2.45, 2.75) is 59.0 Å². The van der Waals surface area contributed by atoms with E-state index in [2.05, 4.69) is 20.4 Å². The van der Waals surface area contributed by atoms with Crippen molar-refractivity contribution in [3.8, 4) is 0 Å². The summed E-state index contributed by atoms with van der Waals surface area (Å²) in [5.74, 6) is -0.625. The van der Waals surface area contributed by atoms with Gasteiger partial charge in [-0.05, 0) is 20.3 Å². The fourth-order valence-corrected chi connectivity index (χ4v) is 2.26. The van der Waals surface area contributed by atoms with Crippen LogP contribution >= 0.6 is 0 Å². The predicted molar refractivity (Wildman–Crippen MR) is 67.6 cm³/mol. The molecule has 0 spiro atoms. The second-order valence-corrected chi connectivity index (χ2v) is 5.95. The first kappa shape index (κ1) is 14.4. The zero-order valence-electron chi connectivity index (χ0n) is 11.5. The van der Waals surface area contributed by atoms with Crippen LogP contribution in [0, 0.1) is 11.3 Å². The highest BCUT2D eigenvalue weighted by molar-refractivity contribution is 5.52. The largest absolute Gasteiger partial charge is 0.347 e. The third-order valence-corrected chi connectivity index (χ3v) is 3.43. The fourth-order valence-electron chi connectivity index (χ4n) is 2.26. The summed E-state index contributed by atoms with van der Waals surface area (Å²) in [7, 11) is 0. The molecule has 3 nitrogen and oxygen atoms in total. The summed E-state index contributed by atoms with van der Waals surface area (Å²) in [5, 5.41) is 0. The molecule has 98 valence electrons. The van der Waals surface area contributed by atoms with Crippen molar-refractivity contribution in [2.24, 2.45) is 11.3 Å². The quantitative estimate of drug-likeness (QED) is 0.560. The Morgan fingerprint density at radius 2 is 1.88 bits per heavy atom. The zero-order valence-corrected chi connectivity index (χ0v) is 11.5. The molecule has 1 saturated heterocycles. The van der Waals surface area contributed by atoms with E-state index in [0.717, 1.165) is 6.29 Å². The Bertz CT molecular complexity index is 294. The van der Waals surface area contributed by atoms with Crippen LogP contribution in [0.4, 0.5) is 0 Å². The normalized spacial score (nSPS) is 32.8. The van der Waals surface area contributed by atoms with Crippen LogP contribution in [0.3, 0.4) is 0 Å². The van der Waals surface area contributed by atoms with Crippen molar-refractivity contribution in [1.29, 1.82) is 0 Å². The molecule has 1 aliphatic heterocycles. The molecule has 1 heterocycles. The number of carbonyl (C=O) groups excluding carboxylic acids is 1. The Morgan fingerprint density at radius 1 is 1.29 bits per heavy atom. The summed E-state index contributed by atoms with van der Waals surface area (Å²) >= 11 is 0. The molecule has 1 aliphatic rings. The third-order valence-electron chi connectivity index (χ3n) is 3.43. The van der Waals surface area contributed by atoms with E-state index < -0.39 is 5.79 Å². The van der Waals surface area contributed by atoms with Gasteiger partial charge in [0.1, 0.15) is 6.29 Å². The molecule has 0 unspecified atom stereocenters. The summed E-state index contributed by atoms with van der Waals surface area (Å²) < 4.78 is 11.8. The van der Waals surface area contributed by atoms with Gasteiger partial charge in [-0.25, -0.2) is 0 Å². The Kier molecular flexibility index (Phi) is 4.15. The van der Waals surface area contributed by atoms with Gasteiger partial charge in [0, 0.05) is 11.3 Å². The van der Waals surface area contributed by atoms with Crippen molar-refractivity contribution in [1.82, 2.24) is 0 Å². The Morgan fingerprint density at radius 3 is 2.35 bits per heavy atom. The summed E-state index contributed by atoms with van der Waals surface area (Å²) in [6.45, 7) is 13.7. The maximum Gasteiger partial charge on any atom is 0.163 e. The number of rotatable bonds is 4. The molecule has 0 aromatic rings. The second-order valence-electron chi connectivity index (χ2n) is 5.95. The Hall–Kier alpha value is -0.670. The van der Waals surface area contributed by atoms with Crippen LogP contribution < -0.4 is 0 Å². The van der Waals surface area contributed by atoms with Gasteiger partial charge in [-0.15, -0.1) is 6.58 Å². The monoisotopic (exact) mass is 240 g/mol. The van der Waals surface area contributed by atoms with Crippen molar-refractivity contribution < 1.29 is 14.3 Å². The average molecular weight is 240 g/mol. The molecule has 0 radical (unpaired) electrons. The summed E-state index contributed by atoms with van der Waals surface area (Å²) in [4.78, 5) is 10.8. The van der Waals surface area contributed by atoms with Crippen molar-refractivity contribution in [2.75, 3.05) is 0 Å². The van der Waals surface area contributed by atoms with Gasteiger partial charge in [-0.2, -0.15) is 0 Å². The van der Waals surface area contributed by atoms with Gasteiger partial charge >= 0.3 is 0 Å². The van der Waals surface area contributed by atoms with Gasteiger partial charge in [0.2, 0.25) is 0 Å². The van der Waals surface area contributed by atoms with E-state index in [1.165, 1.54) is 0 Å². The van der Waals surface area contributed by atoms with Gasteiger partial charge in [0.25, 0.3) is 0 Å². The highest BCUT2D eigenvalue weighted by Gasteiger charge is 2.47. The maximum absolute atomic E-state index is 10.8. The molecular formula is C14H24O3. The van der Waals surface area contributed by atoms with Crippen LogP contribution in [-0.4, -0.2) is 24.3 Å². The zero-order chi connectivity index (χ0) is 13.3. The van der Waals surface area contributed by atoms with Crippen LogP contribution in [0.15, 0.2) is 12.7 Å². The lowest BCUT2D eigenvalue weighted by atomic mass is 9.76. The number of hydrogen-bond acceptors (Lipinski definition) is 3. The van der Waals surface area contributed by atoms with Crippen molar-refractivity contribution in [3.05, 3.63) is 12.7 Å². The predicted octanol–water partition coefficient (Wildman–Crippen LogP) is 2.94. The lowest BCUT2D eigenvalue weighted by Crippen LogP contribution is -2.55. The molecule has 0 N–H and O–H groups in total. The Balaban J connectivity index is 2.91. The molecule has 1 rings (SSSR count). The molecule has 3 atom stereocenters. The topological polar surface area (TPSA) is 35.5 Å². The first-order valence-electron chi connectivity index (χ1n) is 6.16. The molecule has 0 amide bonds. The SMILES string of the molecule is C=C[C@@H]1OC(C)(C)O[C@@H](C[C@@H](C)C=O)C1(C)C. The van der Waals surface area contributed by atoms with Crippen LogP contribution in [-0.2, 0) is 14.3 Å². The summed E-state index contributed by atoms with van der Waals surface area (Å²) in [6.07, 6.45) is 3.45. The molecule has 0 aliphatic carbocycles. The molecule has 1 fully saturated rings. The van der Waals surface area contributed by atoms with Gasteiger partial charge in [0.05, 0.1) is 12.2 Å². The van der Waals surface area contributed by atoms with E-state index in [0.29, 0.717) is 6.42 Å². The van der Waals surface area contributed by atoms with Crippen LogP contribution in [0.1, 0.15) is 41.0 Å². The molecule has 0 bridgehead atoms. The lowest BCUT2D eigenvalue weighted by Gasteiger charge is -2.50. The molecule has 3 heteroatoms. The molecule has 0 saturated carbocycles. The van der Waals surface area contributed by atoms with E-state index >= 15 is 0 Å². The molecule has 0 aromatic carbocycles. The lowest BCUT2D eigenvalue weighted by molar-refractivity contribution is -0.333. The summed E-state index contributed by atoms with van der Waals surface area (Å²) in [6, 6.07) is 0. The second kappa shape index (κ2) is 4.91. The smallest absolute Gasteiger partial charge is 0.163 e. The van der Waals surface area contributed by atoms with E-state index in [9.17, 15) is 4.79 Å². The van der Waals surface area contributed by atoms with Gasteiger partial charge in [-0.1, -0.05) is 26.8 Å². The van der Waals surface area contributed by atoms with E-state index in [4.69, 9.17) is 9.47 Å². The minimum absolute atomic E-state index is 0.00126. The minimum atomic E-state index is -0.623. The standard InChI is InChI=1S/C14H24O3/c1-7-11-13(3,4)12(8-10(2)9-15)17-14(5,6)16-11/h7,9-12H,1,8H2,2-6H3/t10-,11+,12+/m1/s1. The Labute approximate surface area is 104 Å². The molecular weight excluding hydrogens is 216 g/mol. The van der Waals surface area contributed by atoms with Gasteiger partial charge in [-0.3, -0.25) is 0 Å². The average Bonchev–Trinajstić information content (AvgIpc) is 2.22. The van der Waals surface area contributed by atoms with E-state index in [1.807, 2.05) is 26.8 Å². The minimum Gasteiger partial charge on any atom is -0.347 e. The van der Waals surface area contributed by atoms with E-state index in [-0.39, 0.29) is 23.5 Å². The summed E-state index contributed by atoms with van der Waals surface area (Å²) in [5.41, 5.74) is -0.172. The van der Waals surface area contributed by atoms with Crippen LogP contribution in [0.25, 0.3) is 0 Å².